The second kappa shape index (κ2) is 10.5. The molecule has 1 heterocycles. The van der Waals surface area contributed by atoms with Crippen LogP contribution in [0.4, 0.5) is 5.69 Å². The average molecular weight is 456 g/mol. The number of hydrogen-bond acceptors (Lipinski definition) is 5. The van der Waals surface area contributed by atoms with E-state index < -0.39 is 10.0 Å². The van der Waals surface area contributed by atoms with Crippen LogP contribution < -0.4 is 14.9 Å². The molecule has 0 atom stereocenters. The molecule has 0 saturated heterocycles. The molecule has 0 aliphatic rings. The summed E-state index contributed by atoms with van der Waals surface area (Å²) >= 11 is 0. The molecule has 32 heavy (non-hydrogen) atoms. The number of carbonyl (C=O) groups is 1. The van der Waals surface area contributed by atoms with Crippen LogP contribution >= 0.6 is 0 Å². The topological polar surface area (TPSA) is 91.7 Å². The summed E-state index contributed by atoms with van der Waals surface area (Å²) in [4.78, 5) is 15.0. The van der Waals surface area contributed by atoms with Crippen molar-refractivity contribution in [2.45, 2.75) is 32.2 Å². The smallest absolute Gasteiger partial charge is 0.251 e. The first-order valence-electron chi connectivity index (χ1n) is 10.5. The van der Waals surface area contributed by atoms with E-state index in [1.807, 2.05) is 12.1 Å². The van der Waals surface area contributed by atoms with E-state index in [-0.39, 0.29) is 17.3 Å². The molecular weight excluding hydrogens is 426 g/mol. The van der Waals surface area contributed by atoms with Crippen molar-refractivity contribution in [3.05, 3.63) is 83.3 Å². The monoisotopic (exact) mass is 455 g/mol. The molecule has 0 bridgehead atoms. The van der Waals surface area contributed by atoms with Crippen LogP contribution in [-0.2, 0) is 16.6 Å². The van der Waals surface area contributed by atoms with Crippen molar-refractivity contribution in [1.29, 1.82) is 0 Å². The minimum Gasteiger partial charge on any atom is -0.468 e. The van der Waals surface area contributed by atoms with Gasteiger partial charge in [-0.25, -0.2) is 13.1 Å². The number of furan rings is 1. The van der Waals surface area contributed by atoms with Gasteiger partial charge in [-0.05, 0) is 62.2 Å². The number of hydrogen-bond donors (Lipinski definition) is 2. The van der Waals surface area contributed by atoms with Crippen molar-refractivity contribution in [2.24, 2.45) is 0 Å². The number of para-hydroxylation sites is 1. The van der Waals surface area contributed by atoms with Crippen molar-refractivity contribution >= 4 is 21.6 Å². The third kappa shape index (κ3) is 5.77. The van der Waals surface area contributed by atoms with E-state index in [1.165, 1.54) is 24.0 Å². The summed E-state index contributed by atoms with van der Waals surface area (Å²) in [5.41, 5.74) is 3.36. The molecule has 7 nitrogen and oxygen atoms in total. The molecule has 3 rings (SSSR count). The molecule has 3 aromatic rings. The molecule has 1 amide bonds. The Balaban J connectivity index is 1.65. The Bertz CT molecular complexity index is 1160. The highest BCUT2D eigenvalue weighted by Crippen LogP contribution is 2.19. The molecular formula is C24H29N3O4S. The Hall–Kier alpha value is -3.10. The minimum absolute atomic E-state index is 0.0369. The summed E-state index contributed by atoms with van der Waals surface area (Å²) in [7, 11) is -3.79. The lowest BCUT2D eigenvalue weighted by Gasteiger charge is -2.25. The van der Waals surface area contributed by atoms with Gasteiger partial charge in [0.05, 0.1) is 17.7 Å². The third-order valence-electron chi connectivity index (χ3n) is 5.29. The maximum absolute atomic E-state index is 12.8. The number of carbonyl (C=O) groups excluding carboxylic acids is 1. The van der Waals surface area contributed by atoms with Gasteiger partial charge in [0.1, 0.15) is 5.76 Å². The van der Waals surface area contributed by atoms with E-state index in [0.29, 0.717) is 30.0 Å². The Morgan fingerprint density at radius 2 is 1.81 bits per heavy atom. The normalized spacial score (nSPS) is 11.3. The summed E-state index contributed by atoms with van der Waals surface area (Å²) < 4.78 is 33.0. The fourth-order valence-corrected chi connectivity index (χ4v) is 4.46. The van der Waals surface area contributed by atoms with Crippen molar-refractivity contribution in [2.75, 3.05) is 24.5 Å². The van der Waals surface area contributed by atoms with E-state index in [9.17, 15) is 13.2 Å². The van der Waals surface area contributed by atoms with E-state index in [0.717, 1.165) is 12.2 Å². The first-order valence-corrected chi connectivity index (χ1v) is 12.0. The largest absolute Gasteiger partial charge is 0.468 e. The molecule has 0 aliphatic heterocycles. The fourth-order valence-electron chi connectivity index (χ4n) is 3.44. The zero-order valence-electron chi connectivity index (χ0n) is 18.6. The van der Waals surface area contributed by atoms with Gasteiger partial charge in [-0.2, -0.15) is 0 Å². The molecule has 2 aromatic carbocycles. The lowest BCUT2D eigenvalue weighted by Crippen LogP contribution is -2.35. The highest BCUT2D eigenvalue weighted by Gasteiger charge is 2.18. The summed E-state index contributed by atoms with van der Waals surface area (Å²) in [6, 6.07) is 16.1. The molecule has 0 fully saturated rings. The van der Waals surface area contributed by atoms with Gasteiger partial charge in [0.2, 0.25) is 10.0 Å². The van der Waals surface area contributed by atoms with Gasteiger partial charge in [0.15, 0.2) is 0 Å². The Morgan fingerprint density at radius 3 is 2.50 bits per heavy atom. The standard InChI is InChI=1S/C24H29N3O4S/c1-4-27(23-10-6-5-8-19(23)3)14-13-25-24(28)22-16-21(12-11-18(22)2)32(29,30)26-17-20-9-7-15-31-20/h5-12,15-16,26H,4,13-14,17H2,1-3H3,(H,25,28). The first kappa shape index (κ1) is 23.6. The molecule has 170 valence electrons. The van der Waals surface area contributed by atoms with Crippen molar-refractivity contribution in [3.63, 3.8) is 0 Å². The number of benzene rings is 2. The maximum atomic E-state index is 12.8. The van der Waals surface area contributed by atoms with Gasteiger partial charge in [-0.1, -0.05) is 24.3 Å². The van der Waals surface area contributed by atoms with Gasteiger partial charge < -0.3 is 14.6 Å². The lowest BCUT2D eigenvalue weighted by atomic mass is 10.1. The zero-order valence-corrected chi connectivity index (χ0v) is 19.4. The number of anilines is 1. The summed E-state index contributed by atoms with van der Waals surface area (Å²) in [6.45, 7) is 7.86. The van der Waals surface area contributed by atoms with Gasteiger partial charge in [-0.3, -0.25) is 4.79 Å². The van der Waals surface area contributed by atoms with Crippen molar-refractivity contribution in [1.82, 2.24) is 10.0 Å². The van der Waals surface area contributed by atoms with Crippen LogP contribution in [0.1, 0.15) is 34.2 Å². The van der Waals surface area contributed by atoms with Crippen molar-refractivity contribution < 1.29 is 17.6 Å². The predicted octanol–water partition coefficient (Wildman–Crippen LogP) is 3.63. The number of aryl methyl sites for hydroxylation is 2. The number of likely N-dealkylation sites (N-methyl/N-ethyl adjacent to an activating group) is 1. The Morgan fingerprint density at radius 1 is 1.03 bits per heavy atom. The second-order valence-electron chi connectivity index (χ2n) is 7.50. The zero-order chi connectivity index (χ0) is 23.1. The van der Waals surface area contributed by atoms with E-state index in [1.54, 1.807) is 25.1 Å². The molecule has 0 aliphatic carbocycles. The van der Waals surface area contributed by atoms with E-state index >= 15 is 0 Å². The predicted molar refractivity (Wildman–Crippen MR) is 125 cm³/mol. The number of amides is 1. The first-order chi connectivity index (χ1) is 15.3. The van der Waals surface area contributed by atoms with Gasteiger partial charge in [0.25, 0.3) is 5.91 Å². The van der Waals surface area contributed by atoms with Gasteiger partial charge >= 0.3 is 0 Å². The quantitative estimate of drug-likeness (QED) is 0.487. The van der Waals surface area contributed by atoms with Gasteiger partial charge in [-0.15, -0.1) is 0 Å². The van der Waals surface area contributed by atoms with Gasteiger partial charge in [0, 0.05) is 30.9 Å². The lowest BCUT2D eigenvalue weighted by molar-refractivity contribution is 0.0954. The molecule has 0 unspecified atom stereocenters. The number of nitrogens with one attached hydrogen (secondary N) is 2. The summed E-state index contributed by atoms with van der Waals surface area (Å²) in [6.07, 6.45) is 1.48. The maximum Gasteiger partial charge on any atom is 0.251 e. The van der Waals surface area contributed by atoms with Crippen LogP contribution in [0.2, 0.25) is 0 Å². The molecule has 1 aromatic heterocycles. The second-order valence-corrected chi connectivity index (χ2v) is 9.27. The van der Waals surface area contributed by atoms with Crippen LogP contribution in [0.25, 0.3) is 0 Å². The number of nitrogens with zero attached hydrogens (tertiary/aromatic N) is 1. The van der Waals surface area contributed by atoms with E-state index in [4.69, 9.17) is 4.42 Å². The minimum atomic E-state index is -3.79. The molecule has 0 saturated carbocycles. The van der Waals surface area contributed by atoms with Crippen LogP contribution in [-0.4, -0.2) is 34.0 Å². The SMILES string of the molecule is CCN(CCNC(=O)c1cc(S(=O)(=O)NCc2ccco2)ccc1C)c1ccccc1C. The Labute approximate surface area is 189 Å². The average Bonchev–Trinajstić information content (AvgIpc) is 3.30. The summed E-state index contributed by atoms with van der Waals surface area (Å²) in [5, 5.41) is 2.92. The summed E-state index contributed by atoms with van der Waals surface area (Å²) in [5.74, 6) is 0.208. The van der Waals surface area contributed by atoms with Crippen LogP contribution in [0, 0.1) is 13.8 Å². The molecule has 2 N–H and O–H groups in total. The third-order valence-corrected chi connectivity index (χ3v) is 6.68. The molecule has 0 radical (unpaired) electrons. The van der Waals surface area contributed by atoms with Crippen LogP contribution in [0.3, 0.4) is 0 Å². The number of sulfonamides is 1. The molecule has 0 spiro atoms. The number of rotatable bonds is 10. The highest BCUT2D eigenvalue weighted by molar-refractivity contribution is 7.89. The molecule has 8 heteroatoms. The van der Waals surface area contributed by atoms with E-state index in [2.05, 4.69) is 40.9 Å². The fraction of sp³-hybridized carbons (Fsp3) is 0.292. The van der Waals surface area contributed by atoms with Crippen molar-refractivity contribution in [3.8, 4) is 0 Å². The van der Waals surface area contributed by atoms with Crippen LogP contribution in [0.5, 0.6) is 0 Å². The highest BCUT2D eigenvalue weighted by atomic mass is 32.2. The Kier molecular flexibility index (Phi) is 7.71. The van der Waals surface area contributed by atoms with Crippen LogP contribution in [0.15, 0.2) is 70.2 Å².